The van der Waals surface area contributed by atoms with Crippen LogP contribution < -0.4 is 0 Å². The molecule has 0 saturated carbocycles. The number of hydrogen-bond donors (Lipinski definition) is 0. The Balaban J connectivity index is 1.43. The molecule has 1 aromatic heterocycles. The average Bonchev–Trinajstić information content (AvgIpc) is 3.06. The summed E-state index contributed by atoms with van der Waals surface area (Å²) in [5.74, 6) is 0.478. The van der Waals surface area contributed by atoms with Crippen LogP contribution in [0, 0.1) is 6.92 Å². The number of likely N-dealkylation sites (tertiary alicyclic amines) is 1. The molecule has 0 spiro atoms. The van der Waals surface area contributed by atoms with Gasteiger partial charge in [0.2, 0.25) is 5.91 Å². The van der Waals surface area contributed by atoms with E-state index in [0.717, 1.165) is 43.1 Å². The molecule has 0 N–H and O–H groups in total. The highest BCUT2D eigenvalue weighted by Crippen LogP contribution is 2.29. The second kappa shape index (κ2) is 8.40. The maximum atomic E-state index is 12.4. The van der Waals surface area contributed by atoms with Gasteiger partial charge in [-0.1, -0.05) is 30.3 Å². The molecule has 0 aliphatic carbocycles. The van der Waals surface area contributed by atoms with E-state index in [9.17, 15) is 4.79 Å². The van der Waals surface area contributed by atoms with E-state index in [-0.39, 0.29) is 12.5 Å². The minimum atomic E-state index is 0.0982. The van der Waals surface area contributed by atoms with E-state index in [1.54, 1.807) is 11.3 Å². The Kier molecular flexibility index (Phi) is 5.99. The zero-order chi connectivity index (χ0) is 16.8. The standard InChI is InChI=1S/C19H24N2O2S/c1-15-14-24-19(20-15)17-8-5-10-21(12-17)18(22)13-23-11-9-16-6-3-2-4-7-16/h2-4,6-7,14,17H,5,8-13H2,1H3/t17-/m0/s1. The Morgan fingerprint density at radius 2 is 2.21 bits per heavy atom. The summed E-state index contributed by atoms with van der Waals surface area (Å²) in [5.41, 5.74) is 2.31. The molecule has 1 aromatic carbocycles. The molecule has 24 heavy (non-hydrogen) atoms. The molecule has 2 heterocycles. The Labute approximate surface area is 147 Å². The van der Waals surface area contributed by atoms with Gasteiger partial charge in [-0.05, 0) is 31.7 Å². The van der Waals surface area contributed by atoms with E-state index in [2.05, 4.69) is 22.5 Å². The van der Waals surface area contributed by atoms with Crippen molar-refractivity contribution in [3.8, 4) is 0 Å². The molecule has 0 unspecified atom stereocenters. The van der Waals surface area contributed by atoms with E-state index in [1.807, 2.05) is 30.0 Å². The lowest BCUT2D eigenvalue weighted by Crippen LogP contribution is -2.41. The van der Waals surface area contributed by atoms with Crippen LogP contribution in [0.4, 0.5) is 0 Å². The van der Waals surface area contributed by atoms with Gasteiger partial charge in [0.15, 0.2) is 0 Å². The van der Waals surface area contributed by atoms with Gasteiger partial charge in [0.05, 0.1) is 11.6 Å². The van der Waals surface area contributed by atoms with E-state index < -0.39 is 0 Å². The highest BCUT2D eigenvalue weighted by Gasteiger charge is 2.26. The smallest absolute Gasteiger partial charge is 0.248 e. The molecule has 0 radical (unpaired) electrons. The summed E-state index contributed by atoms with van der Waals surface area (Å²) in [4.78, 5) is 18.9. The first-order valence-electron chi connectivity index (χ1n) is 8.54. The Bertz CT molecular complexity index is 656. The number of rotatable bonds is 6. The number of piperidine rings is 1. The fourth-order valence-corrected chi connectivity index (χ4v) is 3.98. The van der Waals surface area contributed by atoms with Gasteiger partial charge >= 0.3 is 0 Å². The van der Waals surface area contributed by atoms with Crippen molar-refractivity contribution in [3.05, 3.63) is 52.0 Å². The van der Waals surface area contributed by atoms with Gasteiger partial charge in [-0.2, -0.15) is 0 Å². The fraction of sp³-hybridized carbons (Fsp3) is 0.474. The molecule has 1 aliphatic rings. The predicted octanol–water partition coefficient (Wildman–Crippen LogP) is 3.42. The number of aryl methyl sites for hydroxylation is 1. The van der Waals surface area contributed by atoms with Crippen molar-refractivity contribution in [2.75, 3.05) is 26.3 Å². The summed E-state index contributed by atoms with van der Waals surface area (Å²) in [7, 11) is 0. The second-order valence-corrected chi connectivity index (χ2v) is 7.18. The van der Waals surface area contributed by atoms with Crippen LogP contribution in [0.2, 0.25) is 0 Å². The van der Waals surface area contributed by atoms with Crippen molar-refractivity contribution >= 4 is 17.2 Å². The maximum Gasteiger partial charge on any atom is 0.248 e. The molecule has 1 atom stereocenters. The molecule has 5 heteroatoms. The number of aromatic nitrogens is 1. The quantitative estimate of drug-likeness (QED) is 0.754. The van der Waals surface area contributed by atoms with E-state index in [1.165, 1.54) is 5.56 Å². The summed E-state index contributed by atoms with van der Waals surface area (Å²) in [6, 6.07) is 10.2. The van der Waals surface area contributed by atoms with Crippen molar-refractivity contribution in [1.29, 1.82) is 0 Å². The minimum absolute atomic E-state index is 0.0982. The van der Waals surface area contributed by atoms with E-state index >= 15 is 0 Å². The highest BCUT2D eigenvalue weighted by molar-refractivity contribution is 7.09. The number of amides is 1. The maximum absolute atomic E-state index is 12.4. The summed E-state index contributed by atoms with van der Waals surface area (Å²) >= 11 is 1.71. The molecular formula is C19H24N2O2S. The average molecular weight is 344 g/mol. The first-order chi connectivity index (χ1) is 11.7. The minimum Gasteiger partial charge on any atom is -0.371 e. The van der Waals surface area contributed by atoms with Crippen molar-refractivity contribution in [2.45, 2.75) is 32.1 Å². The number of carbonyl (C=O) groups is 1. The zero-order valence-electron chi connectivity index (χ0n) is 14.1. The van der Waals surface area contributed by atoms with Gasteiger partial charge in [-0.3, -0.25) is 4.79 Å². The third-order valence-corrected chi connectivity index (χ3v) is 5.49. The normalized spacial score (nSPS) is 17.9. The van der Waals surface area contributed by atoms with Crippen LogP contribution in [0.15, 0.2) is 35.7 Å². The van der Waals surface area contributed by atoms with Crippen LogP contribution >= 0.6 is 11.3 Å². The van der Waals surface area contributed by atoms with Crippen molar-refractivity contribution < 1.29 is 9.53 Å². The van der Waals surface area contributed by atoms with Gasteiger partial charge in [0, 0.05) is 30.1 Å². The van der Waals surface area contributed by atoms with Gasteiger partial charge in [0.1, 0.15) is 6.61 Å². The summed E-state index contributed by atoms with van der Waals surface area (Å²) in [6.45, 7) is 4.39. The molecule has 1 amide bonds. The van der Waals surface area contributed by atoms with Crippen LogP contribution in [0.3, 0.4) is 0 Å². The number of benzene rings is 1. The molecule has 128 valence electrons. The van der Waals surface area contributed by atoms with E-state index in [4.69, 9.17) is 4.74 Å². The fourth-order valence-electron chi connectivity index (χ4n) is 3.05. The lowest BCUT2D eigenvalue weighted by atomic mass is 9.99. The number of thiazole rings is 1. The lowest BCUT2D eigenvalue weighted by Gasteiger charge is -2.31. The van der Waals surface area contributed by atoms with E-state index in [0.29, 0.717) is 12.5 Å². The molecule has 3 rings (SSSR count). The second-order valence-electron chi connectivity index (χ2n) is 6.29. The molecule has 4 nitrogen and oxygen atoms in total. The topological polar surface area (TPSA) is 42.4 Å². The van der Waals surface area contributed by atoms with Gasteiger partial charge < -0.3 is 9.64 Å². The number of nitrogens with zero attached hydrogens (tertiary/aromatic N) is 2. The third kappa shape index (κ3) is 4.65. The summed E-state index contributed by atoms with van der Waals surface area (Å²) in [5, 5.41) is 3.25. The summed E-state index contributed by atoms with van der Waals surface area (Å²) in [6.07, 6.45) is 3.00. The third-order valence-electron chi connectivity index (χ3n) is 4.36. The Morgan fingerprint density at radius 1 is 1.38 bits per heavy atom. The first-order valence-corrected chi connectivity index (χ1v) is 9.42. The Morgan fingerprint density at radius 3 is 2.96 bits per heavy atom. The van der Waals surface area contributed by atoms with Crippen LogP contribution in [-0.4, -0.2) is 42.1 Å². The monoisotopic (exact) mass is 344 g/mol. The largest absolute Gasteiger partial charge is 0.371 e. The molecule has 2 aromatic rings. The van der Waals surface area contributed by atoms with Crippen molar-refractivity contribution in [3.63, 3.8) is 0 Å². The number of hydrogen-bond acceptors (Lipinski definition) is 4. The lowest BCUT2D eigenvalue weighted by molar-refractivity contribution is -0.137. The molecule has 1 aliphatic heterocycles. The number of ether oxygens (including phenoxy) is 1. The van der Waals surface area contributed by atoms with Gasteiger partial charge in [-0.25, -0.2) is 4.98 Å². The highest BCUT2D eigenvalue weighted by atomic mass is 32.1. The SMILES string of the molecule is Cc1csc([C@H]2CCCN(C(=O)COCCc3ccccc3)C2)n1. The summed E-state index contributed by atoms with van der Waals surface area (Å²) < 4.78 is 5.59. The first kappa shape index (κ1) is 17.1. The van der Waals surface area contributed by atoms with Gasteiger partial charge in [-0.15, -0.1) is 11.3 Å². The van der Waals surface area contributed by atoms with Gasteiger partial charge in [0.25, 0.3) is 0 Å². The van der Waals surface area contributed by atoms with Crippen molar-refractivity contribution in [1.82, 2.24) is 9.88 Å². The molecular weight excluding hydrogens is 320 g/mol. The zero-order valence-corrected chi connectivity index (χ0v) is 14.9. The Hall–Kier alpha value is -1.72. The molecule has 0 bridgehead atoms. The molecule has 1 saturated heterocycles. The van der Waals surface area contributed by atoms with Crippen LogP contribution in [0.25, 0.3) is 0 Å². The number of carbonyl (C=O) groups excluding carboxylic acids is 1. The van der Waals surface area contributed by atoms with Crippen LogP contribution in [0.5, 0.6) is 0 Å². The van der Waals surface area contributed by atoms with Crippen LogP contribution in [-0.2, 0) is 16.0 Å². The van der Waals surface area contributed by atoms with Crippen LogP contribution in [0.1, 0.15) is 35.0 Å². The predicted molar refractivity (Wildman–Crippen MR) is 96.4 cm³/mol. The van der Waals surface area contributed by atoms with Crippen molar-refractivity contribution in [2.24, 2.45) is 0 Å². The molecule has 1 fully saturated rings.